The molecule has 0 radical (unpaired) electrons. The zero-order valence-electron chi connectivity index (χ0n) is 8.76. The molecule has 0 saturated carbocycles. The molecule has 0 saturated heterocycles. The number of pyridine rings is 1. The number of benzene rings is 1. The Balaban J connectivity index is 2.94. The van der Waals surface area contributed by atoms with Gasteiger partial charge >= 0.3 is 0 Å². The second kappa shape index (κ2) is 4.02. The lowest BCUT2D eigenvalue weighted by molar-refractivity contribution is 0.514. The molecule has 0 aliphatic rings. The van der Waals surface area contributed by atoms with Crippen molar-refractivity contribution in [2.75, 3.05) is 13.3 Å². The number of aromatic nitrogens is 1. The van der Waals surface area contributed by atoms with E-state index in [1.54, 1.807) is 13.3 Å². The van der Waals surface area contributed by atoms with Gasteiger partial charge in [-0.15, -0.1) is 0 Å². The van der Waals surface area contributed by atoms with Crippen LogP contribution in [-0.2, 0) is 0 Å². The SMILES string of the molecule is CP(C)c1c(F)c(F)c2cccnc2c1F. The number of rotatable bonds is 1. The van der Waals surface area contributed by atoms with Crippen molar-refractivity contribution in [3.63, 3.8) is 0 Å². The minimum atomic E-state index is -1.09. The maximum atomic E-state index is 13.9. The van der Waals surface area contributed by atoms with Gasteiger partial charge < -0.3 is 0 Å². The first-order valence-corrected chi connectivity index (χ1v) is 6.86. The van der Waals surface area contributed by atoms with E-state index in [-0.39, 0.29) is 16.2 Å². The molecule has 1 aromatic carbocycles. The molecule has 2 aromatic rings. The molecule has 84 valence electrons. The van der Waals surface area contributed by atoms with Crippen LogP contribution < -0.4 is 5.30 Å². The highest BCUT2D eigenvalue weighted by Crippen LogP contribution is 2.31. The molecule has 16 heavy (non-hydrogen) atoms. The van der Waals surface area contributed by atoms with Crippen LogP contribution in [0.2, 0.25) is 0 Å². The van der Waals surface area contributed by atoms with Gasteiger partial charge in [0.15, 0.2) is 17.5 Å². The molecule has 1 aromatic heterocycles. The molecule has 5 heteroatoms. The highest BCUT2D eigenvalue weighted by molar-refractivity contribution is 7.64. The zero-order valence-corrected chi connectivity index (χ0v) is 9.65. The van der Waals surface area contributed by atoms with Crippen molar-refractivity contribution in [3.8, 4) is 0 Å². The molecule has 0 aliphatic heterocycles. The third kappa shape index (κ3) is 1.57. The monoisotopic (exact) mass is 243 g/mol. The smallest absolute Gasteiger partial charge is 0.170 e. The van der Waals surface area contributed by atoms with Gasteiger partial charge in [-0.2, -0.15) is 0 Å². The predicted molar refractivity (Wildman–Crippen MR) is 60.0 cm³/mol. The Morgan fingerprint density at radius 1 is 1.06 bits per heavy atom. The number of fused-ring (bicyclic) bond motifs is 1. The van der Waals surface area contributed by atoms with Crippen molar-refractivity contribution in [1.82, 2.24) is 4.98 Å². The fourth-order valence-corrected chi connectivity index (χ4v) is 2.57. The number of halogens is 3. The fourth-order valence-electron chi connectivity index (χ4n) is 1.58. The molecule has 0 bridgehead atoms. The Bertz CT molecular complexity index is 554. The molecule has 1 heterocycles. The standard InChI is InChI=1S/C11H9F3NP/c1-16(2)11-8(13)7(12)6-4-3-5-15-10(6)9(11)14/h3-5H,1-2H3. The van der Waals surface area contributed by atoms with Crippen LogP contribution in [0.15, 0.2) is 18.3 Å². The van der Waals surface area contributed by atoms with E-state index >= 15 is 0 Å². The molecule has 0 amide bonds. The molecule has 0 spiro atoms. The molecule has 2 rings (SSSR count). The predicted octanol–water partition coefficient (Wildman–Crippen LogP) is 3.02. The van der Waals surface area contributed by atoms with E-state index in [2.05, 4.69) is 4.98 Å². The minimum Gasteiger partial charge on any atom is -0.253 e. The molecule has 1 nitrogen and oxygen atoms in total. The Morgan fingerprint density at radius 2 is 1.75 bits per heavy atom. The van der Waals surface area contributed by atoms with Crippen LogP contribution in [0.5, 0.6) is 0 Å². The summed E-state index contributed by atoms with van der Waals surface area (Å²) in [6.07, 6.45) is 1.36. The molecule has 0 aliphatic carbocycles. The van der Waals surface area contributed by atoms with Gasteiger partial charge in [0.1, 0.15) is 5.52 Å². The van der Waals surface area contributed by atoms with Crippen LogP contribution in [0.25, 0.3) is 10.9 Å². The molecular formula is C11H9F3NP. The average molecular weight is 243 g/mol. The highest BCUT2D eigenvalue weighted by atomic mass is 31.1. The lowest BCUT2D eigenvalue weighted by Gasteiger charge is -2.11. The Labute approximate surface area is 92.1 Å². The summed E-state index contributed by atoms with van der Waals surface area (Å²) in [4.78, 5) is 3.75. The highest BCUT2D eigenvalue weighted by Gasteiger charge is 2.22. The number of hydrogen-bond donors (Lipinski definition) is 0. The van der Waals surface area contributed by atoms with Gasteiger partial charge in [-0.25, -0.2) is 13.2 Å². The van der Waals surface area contributed by atoms with Crippen LogP contribution in [0, 0.1) is 17.5 Å². The molecule has 0 atom stereocenters. The van der Waals surface area contributed by atoms with E-state index < -0.39 is 25.4 Å². The third-order valence-corrected chi connectivity index (χ3v) is 3.59. The summed E-state index contributed by atoms with van der Waals surface area (Å²) in [6.45, 7) is 3.34. The first kappa shape index (κ1) is 11.3. The van der Waals surface area contributed by atoms with Crippen LogP contribution in [-0.4, -0.2) is 18.3 Å². The molecule has 0 unspecified atom stereocenters. The van der Waals surface area contributed by atoms with Gasteiger partial charge in [-0.1, -0.05) is 7.92 Å². The number of nitrogens with zero attached hydrogens (tertiary/aromatic N) is 1. The van der Waals surface area contributed by atoms with E-state index in [1.165, 1.54) is 18.3 Å². The first-order valence-electron chi connectivity index (χ1n) is 4.62. The van der Waals surface area contributed by atoms with Crippen molar-refractivity contribution in [2.24, 2.45) is 0 Å². The second-order valence-corrected chi connectivity index (χ2v) is 5.82. The van der Waals surface area contributed by atoms with Gasteiger partial charge in [-0.05, 0) is 25.5 Å². The van der Waals surface area contributed by atoms with Gasteiger partial charge in [0.2, 0.25) is 0 Å². The number of hydrogen-bond acceptors (Lipinski definition) is 1. The quantitative estimate of drug-likeness (QED) is 0.554. The molecule has 0 N–H and O–H groups in total. The van der Waals surface area contributed by atoms with Crippen LogP contribution >= 0.6 is 7.92 Å². The summed E-state index contributed by atoms with van der Waals surface area (Å²) >= 11 is 0. The van der Waals surface area contributed by atoms with E-state index in [9.17, 15) is 13.2 Å². The maximum absolute atomic E-state index is 13.9. The van der Waals surface area contributed by atoms with Gasteiger partial charge in [0, 0.05) is 11.6 Å². The van der Waals surface area contributed by atoms with Crippen LogP contribution in [0.3, 0.4) is 0 Å². The second-order valence-electron chi connectivity index (χ2n) is 3.58. The van der Waals surface area contributed by atoms with Gasteiger partial charge in [-0.3, -0.25) is 4.98 Å². The summed E-state index contributed by atoms with van der Waals surface area (Å²) in [5.41, 5.74) is -0.104. The topological polar surface area (TPSA) is 12.9 Å². The van der Waals surface area contributed by atoms with Crippen molar-refractivity contribution in [1.29, 1.82) is 0 Å². The summed E-state index contributed by atoms with van der Waals surface area (Å²) < 4.78 is 41.2. The zero-order chi connectivity index (χ0) is 11.9. The summed E-state index contributed by atoms with van der Waals surface area (Å²) in [5.74, 6) is -2.85. The summed E-state index contributed by atoms with van der Waals surface area (Å²) in [5, 5.41) is -0.295. The lowest BCUT2D eigenvalue weighted by Crippen LogP contribution is -2.15. The maximum Gasteiger partial charge on any atom is 0.170 e. The normalized spacial score (nSPS) is 11.4. The largest absolute Gasteiger partial charge is 0.253 e. The Kier molecular flexibility index (Phi) is 2.85. The van der Waals surface area contributed by atoms with Gasteiger partial charge in [0.05, 0.1) is 5.30 Å². The van der Waals surface area contributed by atoms with Crippen molar-refractivity contribution < 1.29 is 13.2 Å². The van der Waals surface area contributed by atoms with E-state index in [0.29, 0.717) is 0 Å². The van der Waals surface area contributed by atoms with E-state index in [4.69, 9.17) is 0 Å². The Morgan fingerprint density at radius 3 is 2.38 bits per heavy atom. The lowest BCUT2D eigenvalue weighted by atomic mass is 10.2. The Hall–Kier alpha value is -1.15. The van der Waals surface area contributed by atoms with E-state index in [1.807, 2.05) is 0 Å². The minimum absolute atomic E-state index is 0.104. The van der Waals surface area contributed by atoms with Crippen LogP contribution in [0.1, 0.15) is 0 Å². The average Bonchev–Trinajstić information content (AvgIpc) is 2.26. The summed E-state index contributed by atoms with van der Waals surface area (Å²) in [6, 6.07) is 2.77. The van der Waals surface area contributed by atoms with Gasteiger partial charge in [0.25, 0.3) is 0 Å². The van der Waals surface area contributed by atoms with Crippen molar-refractivity contribution in [3.05, 3.63) is 35.8 Å². The van der Waals surface area contributed by atoms with Crippen molar-refractivity contribution in [2.45, 2.75) is 0 Å². The van der Waals surface area contributed by atoms with Crippen molar-refractivity contribution >= 4 is 24.1 Å². The summed E-state index contributed by atoms with van der Waals surface area (Å²) in [7, 11) is -1.06. The first-order chi connectivity index (χ1) is 7.54. The third-order valence-electron chi connectivity index (χ3n) is 2.31. The molecule has 0 fully saturated rings. The molecular weight excluding hydrogens is 234 g/mol. The van der Waals surface area contributed by atoms with Crippen LogP contribution in [0.4, 0.5) is 13.2 Å². The fraction of sp³-hybridized carbons (Fsp3) is 0.182. The van der Waals surface area contributed by atoms with E-state index in [0.717, 1.165) is 0 Å².